The zero-order valence-electron chi connectivity index (χ0n) is 13.2. The van der Waals surface area contributed by atoms with Gasteiger partial charge >= 0.3 is 0 Å². The lowest BCUT2D eigenvalue weighted by Crippen LogP contribution is -2.39. The number of rotatable bonds is 4. The SMILES string of the molecule is NC[C@@]1(N)[C@H](S(=O)(=O)c2ccc(Cl)cc2)[C@@H]1c1ccc2c(c1)OCO2. The van der Waals surface area contributed by atoms with E-state index in [-0.39, 0.29) is 18.2 Å². The van der Waals surface area contributed by atoms with E-state index in [1.54, 1.807) is 24.3 Å². The van der Waals surface area contributed by atoms with Gasteiger partial charge < -0.3 is 20.9 Å². The van der Waals surface area contributed by atoms with Crippen LogP contribution in [0.15, 0.2) is 47.4 Å². The van der Waals surface area contributed by atoms with Crippen LogP contribution in [-0.4, -0.2) is 32.5 Å². The Hall–Kier alpha value is -1.80. The summed E-state index contributed by atoms with van der Waals surface area (Å²) in [4.78, 5) is 0.188. The summed E-state index contributed by atoms with van der Waals surface area (Å²) in [5, 5.41) is -0.327. The number of halogens is 1. The van der Waals surface area contributed by atoms with Gasteiger partial charge in [-0.2, -0.15) is 0 Å². The third-order valence-electron chi connectivity index (χ3n) is 4.89. The van der Waals surface area contributed by atoms with E-state index in [0.29, 0.717) is 16.5 Å². The van der Waals surface area contributed by atoms with Crippen LogP contribution in [0.5, 0.6) is 11.5 Å². The van der Waals surface area contributed by atoms with Crippen LogP contribution in [-0.2, 0) is 9.84 Å². The quantitative estimate of drug-likeness (QED) is 0.835. The van der Waals surface area contributed by atoms with Gasteiger partial charge in [-0.05, 0) is 42.0 Å². The van der Waals surface area contributed by atoms with Gasteiger partial charge in [-0.1, -0.05) is 17.7 Å². The summed E-state index contributed by atoms with van der Waals surface area (Å²) in [6.45, 7) is 0.213. The van der Waals surface area contributed by atoms with Crippen molar-refractivity contribution in [2.75, 3.05) is 13.3 Å². The summed E-state index contributed by atoms with van der Waals surface area (Å²) < 4.78 is 36.8. The van der Waals surface area contributed by atoms with Crippen LogP contribution in [0.2, 0.25) is 5.02 Å². The lowest BCUT2D eigenvalue weighted by Gasteiger charge is -2.09. The Kier molecular flexibility index (Phi) is 3.73. The van der Waals surface area contributed by atoms with Crippen molar-refractivity contribution in [2.45, 2.75) is 21.6 Å². The summed E-state index contributed by atoms with van der Waals surface area (Å²) in [6, 6.07) is 11.4. The molecule has 6 nitrogen and oxygen atoms in total. The molecular weight excluding hydrogens is 364 g/mol. The average Bonchev–Trinajstić information content (AvgIpc) is 2.99. The van der Waals surface area contributed by atoms with E-state index >= 15 is 0 Å². The van der Waals surface area contributed by atoms with E-state index in [4.69, 9.17) is 32.5 Å². The molecule has 1 saturated carbocycles. The fourth-order valence-corrected chi connectivity index (χ4v) is 5.94. The van der Waals surface area contributed by atoms with Crippen molar-refractivity contribution < 1.29 is 17.9 Å². The van der Waals surface area contributed by atoms with Crippen molar-refractivity contribution in [3.8, 4) is 11.5 Å². The number of benzene rings is 2. The smallest absolute Gasteiger partial charge is 0.231 e. The van der Waals surface area contributed by atoms with E-state index < -0.39 is 26.5 Å². The van der Waals surface area contributed by atoms with Gasteiger partial charge in [-0.15, -0.1) is 0 Å². The molecule has 1 aliphatic carbocycles. The van der Waals surface area contributed by atoms with E-state index in [1.165, 1.54) is 12.1 Å². The molecule has 0 saturated heterocycles. The highest BCUT2D eigenvalue weighted by molar-refractivity contribution is 7.92. The second-order valence-corrected chi connectivity index (χ2v) is 8.83. The Bertz CT molecular complexity index is 932. The van der Waals surface area contributed by atoms with Crippen LogP contribution in [0.1, 0.15) is 11.5 Å². The molecule has 2 aromatic carbocycles. The molecule has 0 bridgehead atoms. The first-order chi connectivity index (χ1) is 11.9. The van der Waals surface area contributed by atoms with Gasteiger partial charge in [0.25, 0.3) is 0 Å². The molecule has 0 radical (unpaired) electrons. The topological polar surface area (TPSA) is 105 Å². The van der Waals surface area contributed by atoms with Crippen molar-refractivity contribution in [3.63, 3.8) is 0 Å². The van der Waals surface area contributed by atoms with E-state index in [1.807, 2.05) is 6.07 Å². The Morgan fingerprint density at radius 1 is 1.12 bits per heavy atom. The predicted octanol–water partition coefficient (Wildman–Crippen LogP) is 1.66. The normalized spacial score (nSPS) is 27.3. The Morgan fingerprint density at radius 3 is 2.48 bits per heavy atom. The zero-order chi connectivity index (χ0) is 17.8. The van der Waals surface area contributed by atoms with Crippen molar-refractivity contribution >= 4 is 21.4 Å². The van der Waals surface area contributed by atoms with Crippen LogP contribution >= 0.6 is 11.6 Å². The highest BCUT2D eigenvalue weighted by atomic mass is 35.5. The molecule has 0 amide bonds. The molecule has 0 spiro atoms. The number of sulfone groups is 1. The first-order valence-corrected chi connectivity index (χ1v) is 9.68. The average molecular weight is 381 g/mol. The highest BCUT2D eigenvalue weighted by Crippen LogP contribution is 2.56. The molecule has 1 fully saturated rings. The number of hydrogen-bond donors (Lipinski definition) is 2. The van der Waals surface area contributed by atoms with Gasteiger partial charge in [0, 0.05) is 17.5 Å². The second kappa shape index (κ2) is 5.60. The number of hydrogen-bond acceptors (Lipinski definition) is 6. The minimum Gasteiger partial charge on any atom is -0.454 e. The second-order valence-electron chi connectivity index (χ2n) is 6.33. The van der Waals surface area contributed by atoms with Gasteiger partial charge in [-0.25, -0.2) is 8.42 Å². The number of nitrogens with two attached hydrogens (primary N) is 2. The Labute approximate surface area is 150 Å². The fraction of sp³-hybridized carbons (Fsp3) is 0.294. The minimum absolute atomic E-state index is 0.0591. The van der Waals surface area contributed by atoms with Crippen LogP contribution in [0.3, 0.4) is 0 Å². The van der Waals surface area contributed by atoms with E-state index in [2.05, 4.69) is 0 Å². The number of fused-ring (bicyclic) bond motifs is 1. The monoisotopic (exact) mass is 380 g/mol. The summed E-state index contributed by atoms with van der Waals surface area (Å²) >= 11 is 5.85. The van der Waals surface area contributed by atoms with Gasteiger partial charge in [0.15, 0.2) is 21.3 Å². The fourth-order valence-electron chi connectivity index (χ4n) is 3.50. The molecule has 25 heavy (non-hydrogen) atoms. The van der Waals surface area contributed by atoms with Gasteiger partial charge in [0.1, 0.15) is 0 Å². The molecule has 0 aromatic heterocycles. The summed E-state index contributed by atoms with van der Waals surface area (Å²) in [5.41, 5.74) is 11.9. The van der Waals surface area contributed by atoms with Gasteiger partial charge in [0.05, 0.1) is 15.7 Å². The minimum atomic E-state index is -3.65. The molecular formula is C17H17ClN2O4S. The lowest BCUT2D eigenvalue weighted by molar-refractivity contribution is 0.174. The maximum atomic E-state index is 13.1. The predicted molar refractivity (Wildman–Crippen MR) is 93.7 cm³/mol. The standard InChI is InChI=1S/C17H17ClN2O4S/c18-11-2-4-12(5-3-11)25(21,22)16-15(17(16,20)8-19)10-1-6-13-14(7-10)24-9-23-13/h1-7,15-16H,8-9,19-20H2/t15-,16+,17-/m0/s1. The third-order valence-corrected chi connectivity index (χ3v) is 7.45. The molecule has 8 heteroatoms. The van der Waals surface area contributed by atoms with Crippen LogP contribution in [0.25, 0.3) is 0 Å². The molecule has 2 aromatic rings. The molecule has 2 aliphatic rings. The molecule has 1 aliphatic heterocycles. The first-order valence-electron chi connectivity index (χ1n) is 7.76. The van der Waals surface area contributed by atoms with Crippen LogP contribution in [0.4, 0.5) is 0 Å². The van der Waals surface area contributed by atoms with Gasteiger partial charge in [0.2, 0.25) is 6.79 Å². The first kappa shape index (κ1) is 16.7. The zero-order valence-corrected chi connectivity index (χ0v) is 14.8. The molecule has 1 heterocycles. The van der Waals surface area contributed by atoms with Crippen molar-refractivity contribution in [2.24, 2.45) is 11.5 Å². The molecule has 0 unspecified atom stereocenters. The number of ether oxygens (including phenoxy) is 2. The van der Waals surface area contributed by atoms with E-state index in [9.17, 15) is 8.42 Å². The lowest BCUT2D eigenvalue weighted by atomic mass is 10.1. The third kappa shape index (κ3) is 2.50. The van der Waals surface area contributed by atoms with Crippen molar-refractivity contribution in [3.05, 3.63) is 53.1 Å². The van der Waals surface area contributed by atoms with Gasteiger partial charge in [-0.3, -0.25) is 0 Å². The molecule has 132 valence electrons. The van der Waals surface area contributed by atoms with Crippen LogP contribution < -0.4 is 20.9 Å². The van der Waals surface area contributed by atoms with E-state index in [0.717, 1.165) is 5.56 Å². The maximum Gasteiger partial charge on any atom is 0.231 e. The molecule has 3 atom stereocenters. The maximum absolute atomic E-state index is 13.1. The van der Waals surface area contributed by atoms with Crippen molar-refractivity contribution in [1.82, 2.24) is 0 Å². The summed E-state index contributed by atoms with van der Waals surface area (Å²) in [6.07, 6.45) is 0. The molecule has 4 N–H and O–H groups in total. The Morgan fingerprint density at radius 2 is 1.80 bits per heavy atom. The largest absolute Gasteiger partial charge is 0.454 e. The van der Waals surface area contributed by atoms with Crippen molar-refractivity contribution in [1.29, 1.82) is 0 Å². The van der Waals surface area contributed by atoms with Crippen LogP contribution in [0, 0.1) is 0 Å². The highest BCUT2D eigenvalue weighted by Gasteiger charge is 2.68. The summed E-state index contributed by atoms with van der Waals surface area (Å²) in [7, 11) is -3.65. The Balaban J connectivity index is 1.73. The molecule has 4 rings (SSSR count). The summed E-state index contributed by atoms with van der Waals surface area (Å²) in [5.74, 6) is 0.816.